The van der Waals surface area contributed by atoms with E-state index in [4.69, 9.17) is 0 Å². The zero-order valence-electron chi connectivity index (χ0n) is 15.7. The van der Waals surface area contributed by atoms with Crippen LogP contribution in [0.3, 0.4) is 0 Å². The minimum absolute atomic E-state index is 0.0412. The van der Waals surface area contributed by atoms with Crippen molar-refractivity contribution in [2.75, 3.05) is 31.5 Å². The van der Waals surface area contributed by atoms with Crippen molar-refractivity contribution < 1.29 is 4.79 Å². The Morgan fingerprint density at radius 3 is 2.72 bits per heavy atom. The molecule has 1 aromatic rings. The van der Waals surface area contributed by atoms with E-state index in [1.807, 2.05) is 6.07 Å². The predicted octanol–water partition coefficient (Wildman–Crippen LogP) is 3.88. The minimum Gasteiger partial charge on any atom is -0.325 e. The first-order valence-electron chi connectivity index (χ1n) is 10.1. The minimum atomic E-state index is 0.0412. The third kappa shape index (κ3) is 5.29. The van der Waals surface area contributed by atoms with Gasteiger partial charge in [-0.1, -0.05) is 31.9 Å². The lowest BCUT2D eigenvalue weighted by Crippen LogP contribution is -2.47. The summed E-state index contributed by atoms with van der Waals surface area (Å²) < 4.78 is 0. The highest BCUT2D eigenvalue weighted by atomic mass is 16.2. The van der Waals surface area contributed by atoms with Crippen molar-refractivity contribution in [2.45, 2.75) is 64.5 Å². The van der Waals surface area contributed by atoms with Gasteiger partial charge in [-0.3, -0.25) is 14.6 Å². The summed E-state index contributed by atoms with van der Waals surface area (Å²) in [5.74, 6) is 0.170. The number of carbonyl (C=O) groups excluding carboxylic acids is 1. The molecule has 1 unspecified atom stereocenters. The first-order valence-corrected chi connectivity index (χ1v) is 10.1. The number of nitrogens with zero attached hydrogens (tertiary/aromatic N) is 2. The largest absolute Gasteiger partial charge is 0.325 e. The molecular formula is C21H33N3O. The zero-order valence-corrected chi connectivity index (χ0v) is 15.7. The average Bonchev–Trinajstić information content (AvgIpc) is 2.63. The number of rotatable bonds is 6. The standard InChI is InChI=1S/C21H33N3O/c1-2-12-24-15-7-4-11-20(24)21(25)22-19-10-8-9-18(16-19)17-23-13-5-3-6-14-23/h8-10,16,20H,2-7,11-15,17H2,1H3,(H,22,25). The van der Waals surface area contributed by atoms with Crippen molar-refractivity contribution in [1.29, 1.82) is 0 Å². The maximum atomic E-state index is 12.8. The van der Waals surface area contributed by atoms with Gasteiger partial charge in [0.2, 0.25) is 5.91 Å². The highest BCUT2D eigenvalue weighted by Crippen LogP contribution is 2.20. The highest BCUT2D eigenvalue weighted by Gasteiger charge is 2.28. The monoisotopic (exact) mass is 343 g/mol. The van der Waals surface area contributed by atoms with Crippen molar-refractivity contribution in [3.05, 3.63) is 29.8 Å². The number of likely N-dealkylation sites (tertiary alicyclic amines) is 2. The Morgan fingerprint density at radius 2 is 1.92 bits per heavy atom. The molecular weight excluding hydrogens is 310 g/mol. The quantitative estimate of drug-likeness (QED) is 0.851. The summed E-state index contributed by atoms with van der Waals surface area (Å²) in [6, 6.07) is 8.46. The third-order valence-electron chi connectivity index (χ3n) is 5.48. The Bertz CT molecular complexity index is 552. The van der Waals surface area contributed by atoms with Crippen LogP contribution in [0, 0.1) is 0 Å². The summed E-state index contributed by atoms with van der Waals surface area (Å²) in [5.41, 5.74) is 2.25. The molecule has 2 saturated heterocycles. The molecule has 2 aliphatic heterocycles. The zero-order chi connectivity index (χ0) is 17.5. The Hall–Kier alpha value is -1.39. The van der Waals surface area contributed by atoms with Crippen LogP contribution in [0.2, 0.25) is 0 Å². The molecule has 2 heterocycles. The topological polar surface area (TPSA) is 35.6 Å². The lowest BCUT2D eigenvalue weighted by Gasteiger charge is -2.34. The van der Waals surface area contributed by atoms with Crippen LogP contribution in [0.1, 0.15) is 57.4 Å². The van der Waals surface area contributed by atoms with Gasteiger partial charge >= 0.3 is 0 Å². The number of piperidine rings is 2. The van der Waals surface area contributed by atoms with E-state index in [-0.39, 0.29) is 11.9 Å². The smallest absolute Gasteiger partial charge is 0.241 e. The molecule has 3 rings (SSSR count). The van der Waals surface area contributed by atoms with E-state index in [9.17, 15) is 4.79 Å². The van der Waals surface area contributed by atoms with Crippen LogP contribution >= 0.6 is 0 Å². The van der Waals surface area contributed by atoms with E-state index in [0.717, 1.165) is 44.6 Å². The molecule has 2 fully saturated rings. The molecule has 1 atom stereocenters. The number of hydrogen-bond donors (Lipinski definition) is 1. The van der Waals surface area contributed by atoms with Gasteiger partial charge in [0.1, 0.15) is 0 Å². The van der Waals surface area contributed by atoms with Gasteiger partial charge in [-0.2, -0.15) is 0 Å². The van der Waals surface area contributed by atoms with Crippen molar-refractivity contribution in [1.82, 2.24) is 9.80 Å². The molecule has 1 aromatic carbocycles. The molecule has 0 saturated carbocycles. The van der Waals surface area contributed by atoms with Gasteiger partial charge in [-0.05, 0) is 76.0 Å². The molecule has 0 bridgehead atoms. The van der Waals surface area contributed by atoms with E-state index in [1.54, 1.807) is 0 Å². The maximum absolute atomic E-state index is 12.8. The Balaban J connectivity index is 1.59. The predicted molar refractivity (Wildman–Crippen MR) is 104 cm³/mol. The Morgan fingerprint density at radius 1 is 1.12 bits per heavy atom. The second-order valence-corrected chi connectivity index (χ2v) is 7.57. The molecule has 2 aliphatic rings. The highest BCUT2D eigenvalue weighted by molar-refractivity contribution is 5.94. The van der Waals surface area contributed by atoms with Crippen molar-refractivity contribution in [3.63, 3.8) is 0 Å². The average molecular weight is 344 g/mol. The fourth-order valence-corrected chi connectivity index (χ4v) is 4.19. The summed E-state index contributed by atoms with van der Waals surface area (Å²) in [7, 11) is 0. The van der Waals surface area contributed by atoms with Crippen LogP contribution in [0.4, 0.5) is 5.69 Å². The second-order valence-electron chi connectivity index (χ2n) is 7.57. The fraction of sp³-hybridized carbons (Fsp3) is 0.667. The van der Waals surface area contributed by atoms with Crippen LogP contribution in [0.15, 0.2) is 24.3 Å². The second kappa shape index (κ2) is 9.35. The van der Waals surface area contributed by atoms with Crippen molar-refractivity contribution in [3.8, 4) is 0 Å². The molecule has 4 nitrogen and oxygen atoms in total. The van der Waals surface area contributed by atoms with Crippen LogP contribution in [-0.4, -0.2) is 47.9 Å². The SMILES string of the molecule is CCCN1CCCCC1C(=O)Nc1cccc(CN2CCCCC2)c1. The first kappa shape index (κ1) is 18.4. The maximum Gasteiger partial charge on any atom is 0.241 e. The van der Waals surface area contributed by atoms with Gasteiger partial charge in [0.15, 0.2) is 0 Å². The van der Waals surface area contributed by atoms with Gasteiger partial charge in [0.05, 0.1) is 6.04 Å². The van der Waals surface area contributed by atoms with Gasteiger partial charge in [0.25, 0.3) is 0 Å². The molecule has 1 amide bonds. The molecule has 138 valence electrons. The lowest BCUT2D eigenvalue weighted by molar-refractivity contribution is -0.122. The summed E-state index contributed by atoms with van der Waals surface area (Å²) >= 11 is 0. The number of amides is 1. The molecule has 0 aliphatic carbocycles. The Labute approximate surface area is 152 Å². The number of anilines is 1. The van der Waals surface area contributed by atoms with Crippen LogP contribution in [0.25, 0.3) is 0 Å². The van der Waals surface area contributed by atoms with Gasteiger partial charge in [0, 0.05) is 12.2 Å². The van der Waals surface area contributed by atoms with Gasteiger partial charge < -0.3 is 5.32 Å². The van der Waals surface area contributed by atoms with Crippen LogP contribution in [-0.2, 0) is 11.3 Å². The van der Waals surface area contributed by atoms with E-state index in [0.29, 0.717) is 0 Å². The van der Waals surface area contributed by atoms with Crippen molar-refractivity contribution >= 4 is 11.6 Å². The molecule has 4 heteroatoms. The first-order chi connectivity index (χ1) is 12.3. The normalized spacial score (nSPS) is 22.7. The fourth-order valence-electron chi connectivity index (χ4n) is 4.19. The molecule has 0 radical (unpaired) electrons. The number of nitrogens with one attached hydrogen (secondary N) is 1. The molecule has 0 spiro atoms. The number of hydrogen-bond acceptors (Lipinski definition) is 3. The van der Waals surface area contributed by atoms with E-state index in [1.165, 1.54) is 44.3 Å². The van der Waals surface area contributed by atoms with Crippen molar-refractivity contribution in [2.24, 2.45) is 0 Å². The van der Waals surface area contributed by atoms with Gasteiger partial charge in [-0.25, -0.2) is 0 Å². The van der Waals surface area contributed by atoms with E-state index >= 15 is 0 Å². The van der Waals surface area contributed by atoms with Crippen LogP contribution < -0.4 is 5.32 Å². The third-order valence-corrected chi connectivity index (χ3v) is 5.48. The molecule has 0 aromatic heterocycles. The molecule has 25 heavy (non-hydrogen) atoms. The Kier molecular flexibility index (Phi) is 6.88. The summed E-state index contributed by atoms with van der Waals surface area (Å²) in [4.78, 5) is 17.7. The number of benzene rings is 1. The number of carbonyl (C=O) groups is 1. The lowest BCUT2D eigenvalue weighted by atomic mass is 10.0. The summed E-state index contributed by atoms with van der Waals surface area (Å²) in [6.07, 6.45) is 8.45. The van der Waals surface area contributed by atoms with E-state index < -0.39 is 0 Å². The van der Waals surface area contributed by atoms with E-state index in [2.05, 4.69) is 40.2 Å². The summed E-state index contributed by atoms with van der Waals surface area (Å²) in [6.45, 7) is 7.66. The summed E-state index contributed by atoms with van der Waals surface area (Å²) in [5, 5.41) is 3.18. The van der Waals surface area contributed by atoms with Crippen LogP contribution in [0.5, 0.6) is 0 Å². The van der Waals surface area contributed by atoms with Gasteiger partial charge in [-0.15, -0.1) is 0 Å². The molecule has 1 N–H and O–H groups in total.